The highest BCUT2D eigenvalue weighted by molar-refractivity contribution is 7.09. The zero-order valence-corrected chi connectivity index (χ0v) is 11.1. The van der Waals surface area contributed by atoms with Crippen LogP contribution in [0.4, 0.5) is 0 Å². The van der Waals surface area contributed by atoms with Crippen LogP contribution in [-0.2, 0) is 18.8 Å². The lowest BCUT2D eigenvalue weighted by Crippen LogP contribution is -2.04. The fraction of sp³-hybridized carbons (Fsp3) is 0.417. The van der Waals surface area contributed by atoms with Crippen LogP contribution in [0.25, 0.3) is 0 Å². The van der Waals surface area contributed by atoms with Crippen molar-refractivity contribution < 1.29 is 0 Å². The Morgan fingerprint density at radius 3 is 2.81 bits per heavy atom. The van der Waals surface area contributed by atoms with E-state index in [4.69, 9.17) is 11.6 Å². The van der Waals surface area contributed by atoms with Gasteiger partial charge in [-0.2, -0.15) is 5.10 Å². The van der Waals surface area contributed by atoms with Crippen LogP contribution in [0.15, 0.2) is 17.5 Å². The lowest BCUT2D eigenvalue weighted by molar-refractivity contribution is 0.597. The van der Waals surface area contributed by atoms with Gasteiger partial charge in [-0.3, -0.25) is 4.68 Å². The van der Waals surface area contributed by atoms with Gasteiger partial charge in [0.05, 0.1) is 11.6 Å². The van der Waals surface area contributed by atoms with E-state index in [1.165, 1.54) is 16.1 Å². The van der Waals surface area contributed by atoms with E-state index < -0.39 is 0 Å². The molecule has 0 radical (unpaired) electrons. The number of aryl methyl sites for hydroxylation is 3. The average Bonchev–Trinajstić information content (AvgIpc) is 2.85. The maximum Gasteiger partial charge on any atom is 0.0640 e. The zero-order valence-electron chi connectivity index (χ0n) is 9.53. The Labute approximate surface area is 105 Å². The van der Waals surface area contributed by atoms with E-state index in [0.29, 0.717) is 5.88 Å². The van der Waals surface area contributed by atoms with Gasteiger partial charge in [0.2, 0.25) is 0 Å². The monoisotopic (exact) mass is 254 g/mol. The molecule has 0 aliphatic carbocycles. The van der Waals surface area contributed by atoms with Crippen LogP contribution in [0.5, 0.6) is 0 Å². The highest BCUT2D eigenvalue weighted by Gasteiger charge is 2.09. The van der Waals surface area contributed by atoms with Crippen LogP contribution < -0.4 is 0 Å². The number of hydrogen-bond acceptors (Lipinski definition) is 2. The molecule has 2 aromatic heterocycles. The van der Waals surface area contributed by atoms with Crippen LogP contribution in [-0.4, -0.2) is 9.78 Å². The first-order chi connectivity index (χ1) is 7.72. The summed E-state index contributed by atoms with van der Waals surface area (Å²) >= 11 is 7.70. The summed E-state index contributed by atoms with van der Waals surface area (Å²) in [5, 5.41) is 6.63. The van der Waals surface area contributed by atoms with Crippen molar-refractivity contribution in [3.05, 3.63) is 39.3 Å². The highest BCUT2D eigenvalue weighted by atomic mass is 35.5. The molecule has 0 saturated heterocycles. The molecular formula is C12H15ClN2S. The number of thiophene rings is 1. The first-order valence-electron chi connectivity index (χ1n) is 5.33. The molecule has 0 N–H and O–H groups in total. The molecular weight excluding hydrogens is 240 g/mol. The zero-order chi connectivity index (χ0) is 11.5. The average molecular weight is 255 g/mol. The van der Waals surface area contributed by atoms with Gasteiger partial charge in [0.1, 0.15) is 0 Å². The molecule has 2 rings (SSSR count). The van der Waals surface area contributed by atoms with Gasteiger partial charge in [-0.1, -0.05) is 6.07 Å². The van der Waals surface area contributed by atoms with Gasteiger partial charge in [-0.25, -0.2) is 0 Å². The van der Waals surface area contributed by atoms with Crippen molar-refractivity contribution in [1.82, 2.24) is 9.78 Å². The maximum absolute atomic E-state index is 5.90. The standard InChI is InChI=1S/C12H15ClN2S/c1-9-12(8-13)10(2)15(14-9)6-5-11-4-3-7-16-11/h3-4,7H,5-6,8H2,1-2H3. The van der Waals surface area contributed by atoms with Crippen LogP contribution >= 0.6 is 22.9 Å². The Morgan fingerprint density at radius 1 is 1.44 bits per heavy atom. The fourth-order valence-corrected chi connectivity index (χ4v) is 2.90. The van der Waals surface area contributed by atoms with Gasteiger partial charge in [0.25, 0.3) is 0 Å². The van der Waals surface area contributed by atoms with Crippen molar-refractivity contribution >= 4 is 22.9 Å². The quantitative estimate of drug-likeness (QED) is 0.763. The van der Waals surface area contributed by atoms with Crippen molar-refractivity contribution in [3.63, 3.8) is 0 Å². The third-order valence-corrected chi connectivity index (χ3v) is 4.02. The lowest BCUT2D eigenvalue weighted by atomic mass is 10.2. The van der Waals surface area contributed by atoms with Crippen molar-refractivity contribution in [2.24, 2.45) is 0 Å². The Hall–Kier alpha value is -0.800. The number of alkyl halides is 1. The second-order valence-corrected chi connectivity index (χ2v) is 5.14. The second-order valence-electron chi connectivity index (χ2n) is 3.84. The van der Waals surface area contributed by atoms with E-state index in [-0.39, 0.29) is 0 Å². The summed E-state index contributed by atoms with van der Waals surface area (Å²) in [6.45, 7) is 5.04. The molecule has 4 heteroatoms. The molecule has 0 fully saturated rings. The van der Waals surface area contributed by atoms with Crippen LogP contribution in [0.2, 0.25) is 0 Å². The molecule has 16 heavy (non-hydrogen) atoms. The van der Waals surface area contributed by atoms with Gasteiger partial charge in [-0.15, -0.1) is 22.9 Å². The molecule has 86 valence electrons. The maximum atomic E-state index is 5.90. The second kappa shape index (κ2) is 5.02. The third kappa shape index (κ3) is 2.30. The lowest BCUT2D eigenvalue weighted by Gasteiger charge is -2.03. The minimum absolute atomic E-state index is 0.552. The van der Waals surface area contributed by atoms with Gasteiger partial charge in [0, 0.05) is 29.1 Å². The Balaban J connectivity index is 2.10. The van der Waals surface area contributed by atoms with Crippen molar-refractivity contribution in [2.45, 2.75) is 32.7 Å². The van der Waals surface area contributed by atoms with Gasteiger partial charge in [0.15, 0.2) is 0 Å². The molecule has 0 spiro atoms. The first kappa shape index (κ1) is 11.7. The van der Waals surface area contributed by atoms with Crippen LogP contribution in [0.1, 0.15) is 21.8 Å². The Bertz CT molecular complexity index is 460. The summed E-state index contributed by atoms with van der Waals surface area (Å²) in [6.07, 6.45) is 1.04. The third-order valence-electron chi connectivity index (χ3n) is 2.82. The van der Waals surface area contributed by atoms with E-state index >= 15 is 0 Å². The predicted molar refractivity (Wildman–Crippen MR) is 69.3 cm³/mol. The molecule has 0 bridgehead atoms. The SMILES string of the molecule is Cc1nn(CCc2cccs2)c(C)c1CCl. The fourth-order valence-electron chi connectivity index (χ4n) is 1.82. The van der Waals surface area contributed by atoms with Crippen molar-refractivity contribution in [2.75, 3.05) is 0 Å². The minimum atomic E-state index is 0.552. The summed E-state index contributed by atoms with van der Waals surface area (Å²) in [6, 6.07) is 4.25. The van der Waals surface area contributed by atoms with Crippen LogP contribution in [0, 0.1) is 13.8 Å². The smallest absolute Gasteiger partial charge is 0.0640 e. The predicted octanol–water partition coefficient (Wildman–Crippen LogP) is 3.54. The van der Waals surface area contributed by atoms with Gasteiger partial charge >= 0.3 is 0 Å². The normalized spacial score (nSPS) is 10.9. The first-order valence-corrected chi connectivity index (χ1v) is 6.75. The molecule has 2 aromatic rings. The molecule has 0 atom stereocenters. The molecule has 0 aromatic carbocycles. The summed E-state index contributed by atoms with van der Waals surface area (Å²) in [5.74, 6) is 0.552. The number of hydrogen-bond donors (Lipinski definition) is 0. The van der Waals surface area contributed by atoms with E-state index in [9.17, 15) is 0 Å². The van der Waals surface area contributed by atoms with E-state index in [1.54, 1.807) is 11.3 Å². The molecule has 2 nitrogen and oxygen atoms in total. The molecule has 0 aliphatic heterocycles. The van der Waals surface area contributed by atoms with Gasteiger partial charge < -0.3 is 0 Å². The van der Waals surface area contributed by atoms with E-state index in [2.05, 4.69) is 34.2 Å². The molecule has 0 aliphatic rings. The molecule has 0 amide bonds. The van der Waals surface area contributed by atoms with Crippen LogP contribution in [0.3, 0.4) is 0 Å². The van der Waals surface area contributed by atoms with Gasteiger partial charge in [-0.05, 0) is 25.3 Å². The Kier molecular flexibility index (Phi) is 3.66. The molecule has 0 unspecified atom stereocenters. The number of aromatic nitrogens is 2. The Morgan fingerprint density at radius 2 is 2.25 bits per heavy atom. The number of halogens is 1. The summed E-state index contributed by atoms with van der Waals surface area (Å²) in [4.78, 5) is 1.40. The van der Waals surface area contributed by atoms with E-state index in [1.807, 2.05) is 6.92 Å². The number of nitrogens with zero attached hydrogens (tertiary/aromatic N) is 2. The largest absolute Gasteiger partial charge is 0.269 e. The number of rotatable bonds is 4. The minimum Gasteiger partial charge on any atom is -0.269 e. The molecule has 0 saturated carbocycles. The molecule has 2 heterocycles. The van der Waals surface area contributed by atoms with E-state index in [0.717, 1.165) is 18.7 Å². The van der Waals surface area contributed by atoms with Crippen molar-refractivity contribution in [1.29, 1.82) is 0 Å². The summed E-state index contributed by atoms with van der Waals surface area (Å²) < 4.78 is 2.06. The summed E-state index contributed by atoms with van der Waals surface area (Å²) in [7, 11) is 0. The highest BCUT2D eigenvalue weighted by Crippen LogP contribution is 2.16. The summed E-state index contributed by atoms with van der Waals surface area (Å²) in [5.41, 5.74) is 3.43. The van der Waals surface area contributed by atoms with Crippen molar-refractivity contribution in [3.8, 4) is 0 Å². The topological polar surface area (TPSA) is 17.8 Å².